The standard InChI is InChI=1S/C14H16ClNO3/c1-14(2,13(18)19)4-3-8-5-9-6-12(17)16-11(9)7-10(8)15/h5,7H,3-4,6H2,1-2H3,(H,16,17)(H,18,19). The highest BCUT2D eigenvalue weighted by atomic mass is 35.5. The lowest BCUT2D eigenvalue weighted by molar-refractivity contribution is -0.147. The minimum absolute atomic E-state index is 0.0333. The minimum atomic E-state index is -0.818. The van der Waals surface area contributed by atoms with E-state index in [1.807, 2.05) is 6.07 Å². The zero-order chi connectivity index (χ0) is 14.2. The summed E-state index contributed by atoms with van der Waals surface area (Å²) in [6.45, 7) is 3.39. The quantitative estimate of drug-likeness (QED) is 0.892. The van der Waals surface area contributed by atoms with Gasteiger partial charge in [-0.25, -0.2) is 0 Å². The highest BCUT2D eigenvalue weighted by Gasteiger charge is 2.27. The van der Waals surface area contributed by atoms with Crippen molar-refractivity contribution in [1.82, 2.24) is 0 Å². The van der Waals surface area contributed by atoms with Crippen LogP contribution in [0, 0.1) is 5.41 Å². The summed E-state index contributed by atoms with van der Waals surface area (Å²) in [4.78, 5) is 22.4. The average molecular weight is 282 g/mol. The van der Waals surface area contributed by atoms with E-state index in [1.165, 1.54) is 0 Å². The molecule has 2 N–H and O–H groups in total. The summed E-state index contributed by atoms with van der Waals surface area (Å²) in [6.07, 6.45) is 1.45. The molecule has 0 saturated heterocycles. The van der Waals surface area contributed by atoms with Crippen molar-refractivity contribution in [3.05, 3.63) is 28.3 Å². The fourth-order valence-corrected chi connectivity index (χ4v) is 2.30. The number of hydrogen-bond donors (Lipinski definition) is 2. The Morgan fingerprint density at radius 3 is 2.79 bits per heavy atom. The lowest BCUT2D eigenvalue weighted by Crippen LogP contribution is -2.24. The fourth-order valence-electron chi connectivity index (χ4n) is 2.04. The van der Waals surface area contributed by atoms with Crippen LogP contribution in [0.5, 0.6) is 0 Å². The number of aliphatic carboxylic acids is 1. The van der Waals surface area contributed by atoms with Crippen LogP contribution in [0.3, 0.4) is 0 Å². The number of amides is 1. The number of benzene rings is 1. The number of anilines is 1. The van der Waals surface area contributed by atoms with Crippen LogP contribution in [-0.2, 0) is 22.4 Å². The summed E-state index contributed by atoms with van der Waals surface area (Å²) in [5.74, 6) is -0.851. The number of aryl methyl sites for hydroxylation is 1. The van der Waals surface area contributed by atoms with Crippen molar-refractivity contribution in [2.24, 2.45) is 5.41 Å². The van der Waals surface area contributed by atoms with E-state index in [9.17, 15) is 9.59 Å². The van der Waals surface area contributed by atoms with E-state index in [4.69, 9.17) is 16.7 Å². The Hall–Kier alpha value is -1.55. The maximum atomic E-state index is 11.3. The number of carboxylic acids is 1. The van der Waals surface area contributed by atoms with Crippen LogP contribution in [0.25, 0.3) is 0 Å². The SMILES string of the molecule is CC(C)(CCc1cc2c(cc1Cl)NC(=O)C2)C(=O)O. The van der Waals surface area contributed by atoms with Crippen LogP contribution >= 0.6 is 11.6 Å². The molecule has 4 nitrogen and oxygen atoms in total. The predicted octanol–water partition coefficient (Wildman–Crippen LogP) is 2.88. The maximum Gasteiger partial charge on any atom is 0.309 e. The molecule has 1 aromatic rings. The van der Waals surface area contributed by atoms with Crippen molar-refractivity contribution in [2.75, 3.05) is 5.32 Å². The second-order valence-corrected chi connectivity index (χ2v) is 5.92. The number of carboxylic acid groups (broad SMARTS) is 1. The maximum absolute atomic E-state index is 11.3. The summed E-state index contributed by atoms with van der Waals surface area (Å²) in [7, 11) is 0. The Labute approximate surface area is 116 Å². The Morgan fingerprint density at radius 1 is 1.47 bits per heavy atom. The van der Waals surface area contributed by atoms with Gasteiger partial charge in [0.1, 0.15) is 0 Å². The lowest BCUT2D eigenvalue weighted by atomic mass is 9.86. The molecular formula is C14H16ClNO3. The Balaban J connectivity index is 2.17. The summed E-state index contributed by atoms with van der Waals surface area (Å²) < 4.78 is 0. The molecule has 1 amide bonds. The molecule has 0 fully saturated rings. The van der Waals surface area contributed by atoms with Gasteiger partial charge in [0, 0.05) is 10.7 Å². The molecule has 1 aromatic carbocycles. The van der Waals surface area contributed by atoms with E-state index in [-0.39, 0.29) is 5.91 Å². The van der Waals surface area contributed by atoms with Crippen molar-refractivity contribution in [3.8, 4) is 0 Å². The highest BCUT2D eigenvalue weighted by Crippen LogP contribution is 2.32. The van der Waals surface area contributed by atoms with Crippen LogP contribution in [0.2, 0.25) is 5.02 Å². The van der Waals surface area contributed by atoms with Crippen LogP contribution in [-0.4, -0.2) is 17.0 Å². The monoisotopic (exact) mass is 281 g/mol. The fraction of sp³-hybridized carbons (Fsp3) is 0.429. The van der Waals surface area contributed by atoms with Crippen molar-refractivity contribution < 1.29 is 14.7 Å². The molecule has 5 heteroatoms. The van der Waals surface area contributed by atoms with Crippen LogP contribution < -0.4 is 5.32 Å². The van der Waals surface area contributed by atoms with Crippen molar-refractivity contribution in [1.29, 1.82) is 0 Å². The first-order chi connectivity index (χ1) is 8.79. The smallest absolute Gasteiger partial charge is 0.309 e. The van der Waals surface area contributed by atoms with Gasteiger partial charge in [0.15, 0.2) is 0 Å². The average Bonchev–Trinajstić information content (AvgIpc) is 2.65. The third-order valence-electron chi connectivity index (χ3n) is 3.50. The van der Waals surface area contributed by atoms with E-state index >= 15 is 0 Å². The zero-order valence-corrected chi connectivity index (χ0v) is 11.7. The van der Waals surface area contributed by atoms with Crippen molar-refractivity contribution >= 4 is 29.2 Å². The number of carbonyl (C=O) groups excluding carboxylic acids is 1. The molecule has 102 valence electrons. The molecule has 0 aromatic heterocycles. The summed E-state index contributed by atoms with van der Waals surface area (Å²) in [6, 6.07) is 3.64. The molecule has 19 heavy (non-hydrogen) atoms. The molecule has 0 aliphatic carbocycles. The summed E-state index contributed by atoms with van der Waals surface area (Å²) >= 11 is 6.17. The normalized spacial score (nSPS) is 14.2. The van der Waals surface area contributed by atoms with Gasteiger partial charge in [-0.05, 0) is 43.9 Å². The van der Waals surface area contributed by atoms with Crippen LogP contribution in [0.4, 0.5) is 5.69 Å². The third-order valence-corrected chi connectivity index (χ3v) is 3.85. The van der Waals surface area contributed by atoms with Gasteiger partial charge in [0.05, 0.1) is 11.8 Å². The lowest BCUT2D eigenvalue weighted by Gasteiger charge is -2.19. The Bertz CT molecular complexity index is 552. The number of carbonyl (C=O) groups is 2. The van der Waals surface area contributed by atoms with E-state index in [0.29, 0.717) is 24.3 Å². The van der Waals surface area contributed by atoms with Crippen LogP contribution in [0.1, 0.15) is 31.4 Å². The summed E-state index contributed by atoms with van der Waals surface area (Å²) in [5.41, 5.74) is 1.80. The van der Waals surface area contributed by atoms with Crippen molar-refractivity contribution in [3.63, 3.8) is 0 Å². The molecule has 0 radical (unpaired) electrons. The molecule has 1 aliphatic heterocycles. The van der Waals surface area contributed by atoms with Gasteiger partial charge in [-0.2, -0.15) is 0 Å². The van der Waals surface area contributed by atoms with E-state index in [0.717, 1.165) is 16.8 Å². The summed E-state index contributed by atoms with van der Waals surface area (Å²) in [5, 5.41) is 12.4. The predicted molar refractivity (Wildman–Crippen MR) is 73.5 cm³/mol. The van der Waals surface area contributed by atoms with Gasteiger partial charge in [-0.1, -0.05) is 17.7 Å². The first-order valence-corrected chi connectivity index (χ1v) is 6.52. The highest BCUT2D eigenvalue weighted by molar-refractivity contribution is 6.31. The molecule has 0 atom stereocenters. The second kappa shape index (κ2) is 4.85. The second-order valence-electron chi connectivity index (χ2n) is 5.51. The minimum Gasteiger partial charge on any atom is -0.481 e. The van der Waals surface area contributed by atoms with Crippen molar-refractivity contribution in [2.45, 2.75) is 33.1 Å². The van der Waals surface area contributed by atoms with Gasteiger partial charge in [-0.15, -0.1) is 0 Å². The zero-order valence-electron chi connectivity index (χ0n) is 10.9. The third kappa shape index (κ3) is 2.89. The van der Waals surface area contributed by atoms with Gasteiger partial charge in [-0.3, -0.25) is 9.59 Å². The number of halogens is 1. The molecule has 2 rings (SSSR count). The van der Waals surface area contributed by atoms with Gasteiger partial charge in [0.2, 0.25) is 5.91 Å². The Morgan fingerprint density at radius 2 is 2.16 bits per heavy atom. The molecule has 0 spiro atoms. The topological polar surface area (TPSA) is 66.4 Å². The van der Waals surface area contributed by atoms with E-state index in [1.54, 1.807) is 19.9 Å². The van der Waals surface area contributed by atoms with E-state index in [2.05, 4.69) is 5.32 Å². The molecule has 0 bridgehead atoms. The number of fused-ring (bicyclic) bond motifs is 1. The largest absolute Gasteiger partial charge is 0.481 e. The Kier molecular flexibility index (Phi) is 3.54. The number of rotatable bonds is 4. The molecular weight excluding hydrogens is 266 g/mol. The molecule has 1 heterocycles. The molecule has 0 unspecified atom stereocenters. The first kappa shape index (κ1) is 13.9. The van der Waals surface area contributed by atoms with Gasteiger partial charge < -0.3 is 10.4 Å². The van der Waals surface area contributed by atoms with Crippen LogP contribution in [0.15, 0.2) is 12.1 Å². The molecule has 1 aliphatic rings. The van der Waals surface area contributed by atoms with Gasteiger partial charge in [0.25, 0.3) is 0 Å². The molecule has 0 saturated carbocycles. The van der Waals surface area contributed by atoms with E-state index < -0.39 is 11.4 Å². The van der Waals surface area contributed by atoms with Gasteiger partial charge >= 0.3 is 5.97 Å². The first-order valence-electron chi connectivity index (χ1n) is 6.14. The number of hydrogen-bond acceptors (Lipinski definition) is 2. The number of nitrogens with one attached hydrogen (secondary N) is 1.